The SMILES string of the molecule is COc1cccc(S(=O)(=O)NC(=O)C2=C(C)NC3C(c4ccccc4)C(C(F)(F)F)NN3C2=O)c1. The van der Waals surface area contributed by atoms with Gasteiger partial charge in [0, 0.05) is 11.8 Å². The molecule has 1 saturated heterocycles. The van der Waals surface area contributed by atoms with Gasteiger partial charge in [-0.25, -0.2) is 23.6 Å². The van der Waals surface area contributed by atoms with Crippen LogP contribution in [0, 0.1) is 0 Å². The summed E-state index contributed by atoms with van der Waals surface area (Å²) < 4.78 is 73.8. The van der Waals surface area contributed by atoms with Crippen LogP contribution in [-0.4, -0.2) is 50.7 Å². The number of ether oxygens (including phenoxy) is 1. The number of sulfonamides is 1. The fraction of sp³-hybridized carbons (Fsp3) is 0.273. The number of rotatable bonds is 5. The molecule has 35 heavy (non-hydrogen) atoms. The number of allylic oxidation sites excluding steroid dienone is 1. The Bertz CT molecular complexity index is 1300. The lowest BCUT2D eigenvalue weighted by molar-refractivity contribution is -0.161. The van der Waals surface area contributed by atoms with E-state index in [-0.39, 0.29) is 16.3 Å². The van der Waals surface area contributed by atoms with E-state index in [2.05, 4.69) is 10.7 Å². The van der Waals surface area contributed by atoms with E-state index < -0.39 is 51.7 Å². The average Bonchev–Trinajstić information content (AvgIpc) is 3.19. The highest BCUT2D eigenvalue weighted by molar-refractivity contribution is 7.90. The van der Waals surface area contributed by atoms with E-state index in [1.54, 1.807) is 22.9 Å². The molecular formula is C22H21F3N4O5S. The molecule has 0 radical (unpaired) electrons. The van der Waals surface area contributed by atoms with E-state index in [4.69, 9.17) is 4.74 Å². The summed E-state index contributed by atoms with van der Waals surface area (Å²) in [6.07, 6.45) is -5.88. The minimum absolute atomic E-state index is 0.0554. The molecule has 2 aromatic carbocycles. The summed E-state index contributed by atoms with van der Waals surface area (Å²) in [4.78, 5) is 25.7. The molecule has 0 bridgehead atoms. The molecule has 4 rings (SSSR count). The van der Waals surface area contributed by atoms with Gasteiger partial charge in [0.15, 0.2) is 0 Å². The van der Waals surface area contributed by atoms with Gasteiger partial charge in [0.25, 0.3) is 21.8 Å². The number of methoxy groups -OCH3 is 1. The third-order valence-electron chi connectivity index (χ3n) is 5.77. The standard InChI is InChI=1S/C22H21F3N4O5S/c1-12-16(20(30)28-35(32,33)15-10-6-9-14(11-15)34-2)21(31)29-19(26-12)17(13-7-4-3-5-8-13)18(27-29)22(23,24)25/h3-11,17-19,26-27H,1-2H3,(H,28,30). The smallest absolute Gasteiger partial charge is 0.406 e. The van der Waals surface area contributed by atoms with Crippen molar-refractivity contribution in [3.8, 4) is 5.75 Å². The maximum Gasteiger partial charge on any atom is 0.406 e. The Balaban J connectivity index is 1.65. The van der Waals surface area contributed by atoms with E-state index in [1.807, 2.05) is 0 Å². The third kappa shape index (κ3) is 4.56. The fourth-order valence-corrected chi connectivity index (χ4v) is 5.16. The minimum Gasteiger partial charge on any atom is -0.497 e. The quantitative estimate of drug-likeness (QED) is 0.525. The first-order valence-electron chi connectivity index (χ1n) is 10.3. The number of hydrazine groups is 1. The highest BCUT2D eigenvalue weighted by Gasteiger charge is 2.58. The number of carbonyl (C=O) groups is 2. The Labute approximate surface area is 199 Å². The summed E-state index contributed by atoms with van der Waals surface area (Å²) in [7, 11) is -3.08. The van der Waals surface area contributed by atoms with Gasteiger partial charge in [-0.05, 0) is 24.6 Å². The average molecular weight is 510 g/mol. The number of benzene rings is 2. The Kier molecular flexibility index (Phi) is 6.23. The number of carbonyl (C=O) groups excluding carboxylic acids is 2. The van der Waals surface area contributed by atoms with Gasteiger partial charge in [-0.3, -0.25) is 9.59 Å². The molecule has 3 N–H and O–H groups in total. The molecule has 186 valence electrons. The normalized spacial score (nSPS) is 22.5. The largest absolute Gasteiger partial charge is 0.497 e. The number of nitrogens with zero attached hydrogens (tertiary/aromatic N) is 1. The number of alkyl halides is 3. The maximum absolute atomic E-state index is 13.9. The third-order valence-corrected chi connectivity index (χ3v) is 7.10. The summed E-state index contributed by atoms with van der Waals surface area (Å²) in [5, 5.41) is 3.47. The topological polar surface area (TPSA) is 117 Å². The van der Waals surface area contributed by atoms with Gasteiger partial charge in [0.2, 0.25) is 0 Å². The van der Waals surface area contributed by atoms with E-state index in [0.29, 0.717) is 10.6 Å². The van der Waals surface area contributed by atoms with Gasteiger partial charge in [-0.2, -0.15) is 13.2 Å². The molecule has 0 saturated carbocycles. The Morgan fingerprint density at radius 2 is 1.80 bits per heavy atom. The molecule has 2 aliphatic rings. The summed E-state index contributed by atoms with van der Waals surface area (Å²) in [6.45, 7) is 1.32. The number of halogens is 3. The van der Waals surface area contributed by atoms with Crippen LogP contribution >= 0.6 is 0 Å². The van der Waals surface area contributed by atoms with Crippen LogP contribution < -0.4 is 20.2 Å². The zero-order valence-electron chi connectivity index (χ0n) is 18.5. The van der Waals surface area contributed by atoms with Crippen molar-refractivity contribution in [1.29, 1.82) is 0 Å². The zero-order valence-corrected chi connectivity index (χ0v) is 19.3. The van der Waals surface area contributed by atoms with Crippen LogP contribution in [0.3, 0.4) is 0 Å². The van der Waals surface area contributed by atoms with Crippen molar-refractivity contribution in [3.05, 3.63) is 71.4 Å². The van der Waals surface area contributed by atoms with Crippen molar-refractivity contribution < 1.29 is 35.9 Å². The number of nitrogens with one attached hydrogen (secondary N) is 3. The highest BCUT2D eigenvalue weighted by atomic mass is 32.2. The molecule has 2 amide bonds. The Morgan fingerprint density at radius 1 is 1.11 bits per heavy atom. The van der Waals surface area contributed by atoms with Crippen molar-refractivity contribution >= 4 is 21.8 Å². The number of amides is 2. The predicted molar refractivity (Wildman–Crippen MR) is 117 cm³/mol. The monoisotopic (exact) mass is 510 g/mol. The van der Waals surface area contributed by atoms with Crippen LogP contribution in [0.4, 0.5) is 13.2 Å². The molecule has 2 heterocycles. The first-order valence-corrected chi connectivity index (χ1v) is 11.8. The minimum atomic E-state index is -4.72. The predicted octanol–water partition coefficient (Wildman–Crippen LogP) is 1.76. The van der Waals surface area contributed by atoms with Crippen molar-refractivity contribution in [2.24, 2.45) is 0 Å². The molecule has 9 nitrogen and oxygen atoms in total. The summed E-state index contributed by atoms with van der Waals surface area (Å²) in [6, 6.07) is 11.0. The van der Waals surface area contributed by atoms with Crippen LogP contribution in [0.25, 0.3) is 0 Å². The van der Waals surface area contributed by atoms with Crippen LogP contribution in [0.2, 0.25) is 0 Å². The molecule has 3 atom stereocenters. The second-order valence-electron chi connectivity index (χ2n) is 7.96. The van der Waals surface area contributed by atoms with Crippen molar-refractivity contribution in [2.75, 3.05) is 7.11 Å². The Morgan fingerprint density at radius 3 is 2.43 bits per heavy atom. The Hall–Kier alpha value is -3.58. The summed E-state index contributed by atoms with van der Waals surface area (Å²) >= 11 is 0. The lowest BCUT2D eigenvalue weighted by atomic mass is 9.89. The van der Waals surface area contributed by atoms with Crippen LogP contribution in [0.5, 0.6) is 5.75 Å². The van der Waals surface area contributed by atoms with Crippen molar-refractivity contribution in [2.45, 2.75) is 36.1 Å². The molecule has 0 spiro atoms. The second kappa shape index (κ2) is 8.89. The van der Waals surface area contributed by atoms with Gasteiger partial charge in [0.05, 0.1) is 17.9 Å². The fourth-order valence-electron chi connectivity index (χ4n) is 4.16. The molecule has 2 aliphatic heterocycles. The van der Waals surface area contributed by atoms with Crippen molar-refractivity contribution in [3.63, 3.8) is 0 Å². The van der Waals surface area contributed by atoms with E-state index in [0.717, 1.165) is 0 Å². The van der Waals surface area contributed by atoms with Crippen LogP contribution in [0.1, 0.15) is 18.4 Å². The first kappa shape index (κ1) is 24.5. The number of fused-ring (bicyclic) bond motifs is 1. The maximum atomic E-state index is 13.9. The summed E-state index contributed by atoms with van der Waals surface area (Å²) in [5.74, 6) is -3.37. The molecular weight excluding hydrogens is 489 g/mol. The van der Waals surface area contributed by atoms with Gasteiger partial charge < -0.3 is 10.1 Å². The van der Waals surface area contributed by atoms with E-state index in [1.165, 1.54) is 50.4 Å². The van der Waals surface area contributed by atoms with Gasteiger partial charge >= 0.3 is 6.18 Å². The lowest BCUT2D eigenvalue weighted by Gasteiger charge is -2.34. The zero-order chi connectivity index (χ0) is 25.5. The van der Waals surface area contributed by atoms with Crippen LogP contribution in [0.15, 0.2) is 70.8 Å². The van der Waals surface area contributed by atoms with E-state index in [9.17, 15) is 31.2 Å². The summed E-state index contributed by atoms with van der Waals surface area (Å²) in [5.41, 5.74) is 1.81. The van der Waals surface area contributed by atoms with Gasteiger partial charge in [0.1, 0.15) is 23.5 Å². The molecule has 2 aromatic rings. The number of hydrogen-bond acceptors (Lipinski definition) is 7. The second-order valence-corrected chi connectivity index (χ2v) is 9.65. The molecule has 0 aliphatic carbocycles. The van der Waals surface area contributed by atoms with E-state index >= 15 is 0 Å². The molecule has 3 unspecified atom stereocenters. The molecule has 1 fully saturated rings. The van der Waals surface area contributed by atoms with Crippen LogP contribution in [-0.2, 0) is 19.6 Å². The lowest BCUT2D eigenvalue weighted by Crippen LogP contribution is -2.57. The first-order chi connectivity index (χ1) is 16.4. The molecule has 0 aromatic heterocycles. The van der Waals surface area contributed by atoms with Gasteiger partial charge in [-0.15, -0.1) is 0 Å². The van der Waals surface area contributed by atoms with Gasteiger partial charge in [-0.1, -0.05) is 36.4 Å². The molecule has 13 heteroatoms. The van der Waals surface area contributed by atoms with Crippen molar-refractivity contribution in [1.82, 2.24) is 20.5 Å². The number of hydrogen-bond donors (Lipinski definition) is 3. The highest BCUT2D eigenvalue weighted by Crippen LogP contribution is 2.41.